The lowest BCUT2D eigenvalue weighted by Gasteiger charge is -2.19. The number of halogens is 1. The van der Waals surface area contributed by atoms with Gasteiger partial charge in [0.25, 0.3) is 0 Å². The second kappa shape index (κ2) is 8.11. The zero-order chi connectivity index (χ0) is 14.4. The summed E-state index contributed by atoms with van der Waals surface area (Å²) in [6.45, 7) is 8.79. The molecule has 1 heterocycles. The van der Waals surface area contributed by atoms with Gasteiger partial charge in [0.1, 0.15) is 18.1 Å². The van der Waals surface area contributed by atoms with Crippen LogP contribution in [0.15, 0.2) is 47.1 Å². The number of rotatable bonds is 6. The molecule has 0 amide bonds. The van der Waals surface area contributed by atoms with Gasteiger partial charge in [-0.15, -0.1) is 12.4 Å². The average molecular weight is 310 g/mol. The molecule has 2 rings (SSSR count). The zero-order valence-electron chi connectivity index (χ0n) is 12.9. The Morgan fingerprint density at radius 3 is 2.62 bits per heavy atom. The molecule has 21 heavy (non-hydrogen) atoms. The number of hydrogen-bond acceptors (Lipinski definition) is 3. The molecular weight excluding hydrogens is 286 g/mol. The molecular formula is C17H24ClNO2. The molecule has 4 heteroatoms. The van der Waals surface area contributed by atoms with Crippen LogP contribution >= 0.6 is 12.4 Å². The largest absolute Gasteiger partial charge is 0.492 e. The Balaban J connectivity index is 0.00000220. The summed E-state index contributed by atoms with van der Waals surface area (Å²) in [6, 6.07) is 12.2. The maximum Gasteiger partial charge on any atom is 0.119 e. The minimum absolute atomic E-state index is 0. The summed E-state index contributed by atoms with van der Waals surface area (Å²) >= 11 is 0. The molecule has 0 fully saturated rings. The highest BCUT2D eigenvalue weighted by Gasteiger charge is 2.13. The van der Waals surface area contributed by atoms with Crippen molar-refractivity contribution in [2.24, 2.45) is 0 Å². The highest BCUT2D eigenvalue weighted by Crippen LogP contribution is 2.25. The van der Waals surface area contributed by atoms with Crippen LogP contribution in [0, 0.1) is 0 Å². The first-order chi connectivity index (χ1) is 9.55. The normalized spacial score (nSPS) is 11.0. The van der Waals surface area contributed by atoms with Crippen molar-refractivity contribution < 1.29 is 9.15 Å². The summed E-state index contributed by atoms with van der Waals surface area (Å²) < 4.78 is 11.0. The van der Waals surface area contributed by atoms with Gasteiger partial charge in [-0.25, -0.2) is 0 Å². The molecule has 0 radical (unpaired) electrons. The van der Waals surface area contributed by atoms with Crippen LogP contribution in [0.5, 0.6) is 5.75 Å². The number of ether oxygens (including phenoxy) is 1. The van der Waals surface area contributed by atoms with Crippen molar-refractivity contribution in [3.05, 3.63) is 54.0 Å². The van der Waals surface area contributed by atoms with Crippen LogP contribution < -0.4 is 10.1 Å². The summed E-state index contributed by atoms with van der Waals surface area (Å²) in [7, 11) is 0. The summed E-state index contributed by atoms with van der Waals surface area (Å²) in [5.74, 6) is 1.87. The molecule has 1 aromatic carbocycles. The third-order valence-corrected chi connectivity index (χ3v) is 3.13. The van der Waals surface area contributed by atoms with E-state index in [1.54, 1.807) is 6.26 Å². The summed E-state index contributed by atoms with van der Waals surface area (Å²) in [5.41, 5.74) is 1.44. The lowest BCUT2D eigenvalue weighted by atomic mass is 9.87. The summed E-state index contributed by atoms with van der Waals surface area (Å²) in [6.07, 6.45) is 1.69. The van der Waals surface area contributed by atoms with Crippen molar-refractivity contribution in [3.8, 4) is 5.75 Å². The highest BCUT2D eigenvalue weighted by atomic mass is 35.5. The molecule has 0 spiro atoms. The lowest BCUT2D eigenvalue weighted by molar-refractivity contribution is 0.310. The van der Waals surface area contributed by atoms with Crippen LogP contribution in [-0.4, -0.2) is 13.2 Å². The van der Waals surface area contributed by atoms with E-state index in [0.29, 0.717) is 6.61 Å². The van der Waals surface area contributed by atoms with Gasteiger partial charge in [-0.3, -0.25) is 0 Å². The Morgan fingerprint density at radius 1 is 1.14 bits per heavy atom. The molecule has 116 valence electrons. The molecule has 0 saturated heterocycles. The van der Waals surface area contributed by atoms with E-state index < -0.39 is 0 Å². The van der Waals surface area contributed by atoms with Gasteiger partial charge < -0.3 is 14.5 Å². The van der Waals surface area contributed by atoms with E-state index >= 15 is 0 Å². The Hall–Kier alpha value is -1.45. The van der Waals surface area contributed by atoms with Crippen molar-refractivity contribution >= 4 is 12.4 Å². The van der Waals surface area contributed by atoms with Gasteiger partial charge in [0.05, 0.1) is 12.8 Å². The smallest absolute Gasteiger partial charge is 0.119 e. The van der Waals surface area contributed by atoms with Crippen molar-refractivity contribution in [2.45, 2.75) is 32.7 Å². The van der Waals surface area contributed by atoms with Crippen molar-refractivity contribution in [1.29, 1.82) is 0 Å². The zero-order valence-corrected chi connectivity index (χ0v) is 13.7. The summed E-state index contributed by atoms with van der Waals surface area (Å²) in [5, 5.41) is 3.28. The Labute approximate surface area is 133 Å². The van der Waals surface area contributed by atoms with E-state index in [9.17, 15) is 0 Å². The predicted octanol–water partition coefficient (Wildman–Crippen LogP) is 4.17. The van der Waals surface area contributed by atoms with Crippen LogP contribution in [0.25, 0.3) is 0 Å². The first-order valence-electron chi connectivity index (χ1n) is 7.02. The fourth-order valence-corrected chi connectivity index (χ4v) is 1.92. The molecule has 2 aromatic rings. The molecule has 0 unspecified atom stereocenters. The van der Waals surface area contributed by atoms with Gasteiger partial charge in [0, 0.05) is 6.54 Å². The van der Waals surface area contributed by atoms with Gasteiger partial charge >= 0.3 is 0 Å². The Bertz CT molecular complexity index is 518. The number of nitrogens with one attached hydrogen (secondary N) is 1. The number of benzene rings is 1. The maximum atomic E-state index is 5.77. The fraction of sp³-hybridized carbons (Fsp3) is 0.412. The Kier molecular flexibility index (Phi) is 6.79. The minimum Gasteiger partial charge on any atom is -0.492 e. The molecule has 0 aliphatic heterocycles. The van der Waals surface area contributed by atoms with Crippen molar-refractivity contribution in [3.63, 3.8) is 0 Å². The van der Waals surface area contributed by atoms with E-state index in [1.807, 2.05) is 24.3 Å². The molecule has 3 nitrogen and oxygen atoms in total. The van der Waals surface area contributed by atoms with Crippen LogP contribution in [0.1, 0.15) is 32.1 Å². The van der Waals surface area contributed by atoms with Gasteiger partial charge in [-0.1, -0.05) is 32.9 Å². The van der Waals surface area contributed by atoms with Crippen molar-refractivity contribution in [2.75, 3.05) is 13.2 Å². The Morgan fingerprint density at radius 2 is 1.95 bits per heavy atom. The monoisotopic (exact) mass is 309 g/mol. The SMILES string of the molecule is CC(C)(C)c1cccc(OCCNCc2ccco2)c1.Cl. The molecule has 1 N–H and O–H groups in total. The second-order valence-corrected chi connectivity index (χ2v) is 5.88. The molecule has 0 aliphatic carbocycles. The van der Waals surface area contributed by atoms with Crippen LogP contribution in [0.4, 0.5) is 0 Å². The minimum atomic E-state index is 0. The third kappa shape index (κ3) is 5.82. The van der Waals surface area contributed by atoms with E-state index in [0.717, 1.165) is 24.6 Å². The standard InChI is InChI=1S/C17H23NO2.ClH/c1-17(2,3)14-6-4-7-15(12-14)20-11-9-18-13-16-8-5-10-19-16;/h4-8,10,12,18H,9,11,13H2,1-3H3;1H. The van der Waals surface area contributed by atoms with Crippen LogP contribution in [-0.2, 0) is 12.0 Å². The highest BCUT2D eigenvalue weighted by molar-refractivity contribution is 5.85. The second-order valence-electron chi connectivity index (χ2n) is 5.88. The average Bonchev–Trinajstić information content (AvgIpc) is 2.91. The molecule has 0 bridgehead atoms. The first kappa shape index (κ1) is 17.6. The van der Waals surface area contributed by atoms with Gasteiger partial charge in [-0.2, -0.15) is 0 Å². The molecule has 1 aromatic heterocycles. The van der Waals surface area contributed by atoms with Crippen LogP contribution in [0.3, 0.4) is 0 Å². The number of hydrogen-bond donors (Lipinski definition) is 1. The van der Waals surface area contributed by atoms with Gasteiger partial charge in [0.15, 0.2) is 0 Å². The van der Waals surface area contributed by atoms with Crippen molar-refractivity contribution in [1.82, 2.24) is 5.32 Å². The van der Waals surface area contributed by atoms with E-state index in [2.05, 4.69) is 38.2 Å². The third-order valence-electron chi connectivity index (χ3n) is 3.13. The summed E-state index contributed by atoms with van der Waals surface area (Å²) in [4.78, 5) is 0. The molecule has 0 saturated carbocycles. The fourth-order valence-electron chi connectivity index (χ4n) is 1.92. The maximum absolute atomic E-state index is 5.77. The molecule has 0 atom stereocenters. The molecule has 0 aliphatic rings. The number of furan rings is 1. The van der Waals surface area contributed by atoms with Gasteiger partial charge in [0.2, 0.25) is 0 Å². The van der Waals surface area contributed by atoms with E-state index in [1.165, 1.54) is 5.56 Å². The topological polar surface area (TPSA) is 34.4 Å². The van der Waals surface area contributed by atoms with E-state index in [4.69, 9.17) is 9.15 Å². The van der Waals surface area contributed by atoms with Gasteiger partial charge in [-0.05, 0) is 35.2 Å². The first-order valence-corrected chi connectivity index (χ1v) is 7.02. The van der Waals surface area contributed by atoms with E-state index in [-0.39, 0.29) is 17.8 Å². The predicted molar refractivity (Wildman–Crippen MR) is 88.3 cm³/mol. The van der Waals surface area contributed by atoms with Crippen LogP contribution in [0.2, 0.25) is 0 Å². The lowest BCUT2D eigenvalue weighted by Crippen LogP contribution is -2.20. The quantitative estimate of drug-likeness (QED) is 0.813.